The van der Waals surface area contributed by atoms with Crippen molar-refractivity contribution < 1.29 is 15.3 Å². The Morgan fingerprint density at radius 3 is 2.40 bits per heavy atom. The first-order chi connectivity index (χ1) is 14.5. The predicted molar refractivity (Wildman–Crippen MR) is 128 cm³/mol. The average Bonchev–Trinajstić information content (AvgIpc) is 3.25. The number of hydrogen-bond donors (Lipinski definition) is 4. The molecule has 0 aliphatic rings. The van der Waals surface area contributed by atoms with Gasteiger partial charge in [-0.2, -0.15) is 0 Å². The van der Waals surface area contributed by atoms with Gasteiger partial charge in [0, 0.05) is 11.4 Å². The van der Waals surface area contributed by atoms with E-state index in [0.29, 0.717) is 12.8 Å². The van der Waals surface area contributed by atoms with Crippen LogP contribution in [0.2, 0.25) is 0 Å². The molecule has 0 aliphatic heterocycles. The fourth-order valence-corrected chi connectivity index (χ4v) is 4.30. The standard InChI is InChI=1S/C25H35NO3S/c1-4-20(8-7-14-25(29,5-2)6-3)23-11-12-24(30-23)26-15-13-19-9-10-21(17-27)22(16-19)18-28/h7-12,14,16,26-29H,4-6,13,15,17-18H2,1-3H3. The predicted octanol–water partition coefficient (Wildman–Crippen LogP) is 5.29. The largest absolute Gasteiger partial charge is 0.392 e. The van der Waals surface area contributed by atoms with Crippen LogP contribution in [0, 0.1) is 0 Å². The third kappa shape index (κ3) is 6.81. The maximum Gasteiger partial charge on any atom is 0.0888 e. The summed E-state index contributed by atoms with van der Waals surface area (Å²) in [6.45, 7) is 6.84. The summed E-state index contributed by atoms with van der Waals surface area (Å²) >= 11 is 1.74. The first-order valence-electron chi connectivity index (χ1n) is 10.8. The molecule has 4 N–H and O–H groups in total. The highest BCUT2D eigenvalue weighted by Crippen LogP contribution is 2.30. The molecule has 1 aromatic carbocycles. The van der Waals surface area contributed by atoms with Gasteiger partial charge in [0.1, 0.15) is 0 Å². The SMILES string of the molecule is CCC(=CC=CC(O)(CC)CC)c1ccc(NCCc2ccc(CO)c(CO)c2)s1. The van der Waals surface area contributed by atoms with Gasteiger partial charge in [0.05, 0.1) is 23.8 Å². The molecule has 0 bridgehead atoms. The lowest BCUT2D eigenvalue weighted by molar-refractivity contribution is 0.0828. The van der Waals surface area contributed by atoms with Gasteiger partial charge in [-0.3, -0.25) is 0 Å². The van der Waals surface area contributed by atoms with E-state index in [0.717, 1.165) is 41.1 Å². The molecule has 1 aromatic heterocycles. The second kappa shape index (κ2) is 12.1. The zero-order valence-corrected chi connectivity index (χ0v) is 19.1. The van der Waals surface area contributed by atoms with Crippen LogP contribution in [0.25, 0.3) is 5.57 Å². The zero-order chi connectivity index (χ0) is 22.0. The van der Waals surface area contributed by atoms with Crippen LogP contribution < -0.4 is 5.32 Å². The van der Waals surface area contributed by atoms with Gasteiger partial charge in [0.25, 0.3) is 0 Å². The van der Waals surface area contributed by atoms with E-state index < -0.39 is 5.60 Å². The number of aliphatic hydroxyl groups excluding tert-OH is 2. The van der Waals surface area contributed by atoms with E-state index in [1.807, 2.05) is 44.2 Å². The number of hydrogen-bond acceptors (Lipinski definition) is 5. The van der Waals surface area contributed by atoms with Crippen LogP contribution in [-0.2, 0) is 19.6 Å². The molecule has 1 heterocycles. The van der Waals surface area contributed by atoms with Gasteiger partial charge in [-0.05, 0) is 60.1 Å². The summed E-state index contributed by atoms with van der Waals surface area (Å²) in [7, 11) is 0. The highest BCUT2D eigenvalue weighted by Gasteiger charge is 2.16. The molecule has 4 nitrogen and oxygen atoms in total. The minimum atomic E-state index is -0.719. The number of nitrogens with one attached hydrogen (secondary N) is 1. The van der Waals surface area contributed by atoms with Crippen LogP contribution in [0.4, 0.5) is 5.00 Å². The molecule has 0 saturated heterocycles. The van der Waals surface area contributed by atoms with Gasteiger partial charge in [-0.1, -0.05) is 57.2 Å². The lowest BCUT2D eigenvalue weighted by Gasteiger charge is -2.19. The molecule has 5 heteroatoms. The molecule has 0 saturated carbocycles. The Hall–Kier alpha value is -1.92. The van der Waals surface area contributed by atoms with Crippen molar-refractivity contribution in [2.75, 3.05) is 11.9 Å². The average molecular weight is 430 g/mol. The fourth-order valence-electron chi connectivity index (χ4n) is 3.28. The maximum absolute atomic E-state index is 10.4. The summed E-state index contributed by atoms with van der Waals surface area (Å²) in [6.07, 6.45) is 9.19. The molecule has 0 fully saturated rings. The van der Waals surface area contributed by atoms with E-state index in [9.17, 15) is 15.3 Å². The number of rotatable bonds is 12. The first-order valence-corrected chi connectivity index (χ1v) is 11.6. The lowest BCUT2D eigenvalue weighted by Crippen LogP contribution is -2.22. The van der Waals surface area contributed by atoms with Crippen LogP contribution >= 0.6 is 11.3 Å². The Bertz CT molecular complexity index is 850. The highest BCUT2D eigenvalue weighted by molar-refractivity contribution is 7.17. The van der Waals surface area contributed by atoms with E-state index in [4.69, 9.17) is 0 Å². The number of anilines is 1. The molecule has 0 amide bonds. The van der Waals surface area contributed by atoms with Gasteiger partial charge < -0.3 is 20.6 Å². The summed E-state index contributed by atoms with van der Waals surface area (Å²) in [5, 5.41) is 33.7. The molecule has 2 rings (SSSR count). The monoisotopic (exact) mass is 429 g/mol. The maximum atomic E-state index is 10.4. The summed E-state index contributed by atoms with van der Waals surface area (Å²) in [6, 6.07) is 10.1. The van der Waals surface area contributed by atoms with E-state index in [2.05, 4.69) is 30.4 Å². The molecule has 0 atom stereocenters. The molecular weight excluding hydrogens is 394 g/mol. The topological polar surface area (TPSA) is 72.7 Å². The van der Waals surface area contributed by atoms with Crippen molar-refractivity contribution in [2.24, 2.45) is 0 Å². The minimum absolute atomic E-state index is 0.0506. The Kier molecular flexibility index (Phi) is 9.79. The minimum Gasteiger partial charge on any atom is -0.392 e. The smallest absolute Gasteiger partial charge is 0.0888 e. The highest BCUT2D eigenvalue weighted by atomic mass is 32.1. The Labute approximate surface area is 184 Å². The molecule has 30 heavy (non-hydrogen) atoms. The van der Waals surface area contributed by atoms with E-state index in [1.165, 1.54) is 10.5 Å². The molecule has 2 aromatic rings. The number of aliphatic hydroxyl groups is 3. The fraction of sp³-hybridized carbons (Fsp3) is 0.440. The van der Waals surface area contributed by atoms with Crippen LogP contribution in [0.5, 0.6) is 0 Å². The summed E-state index contributed by atoms with van der Waals surface area (Å²) < 4.78 is 0. The van der Waals surface area contributed by atoms with Crippen molar-refractivity contribution in [1.29, 1.82) is 0 Å². The van der Waals surface area contributed by atoms with Crippen LogP contribution in [0.3, 0.4) is 0 Å². The van der Waals surface area contributed by atoms with Crippen molar-refractivity contribution in [3.63, 3.8) is 0 Å². The molecule has 164 valence electrons. The van der Waals surface area contributed by atoms with Crippen molar-refractivity contribution in [1.82, 2.24) is 0 Å². The van der Waals surface area contributed by atoms with Crippen molar-refractivity contribution >= 4 is 21.9 Å². The van der Waals surface area contributed by atoms with Gasteiger partial charge in [0.2, 0.25) is 0 Å². The summed E-state index contributed by atoms with van der Waals surface area (Å²) in [5.74, 6) is 0. The van der Waals surface area contributed by atoms with Gasteiger partial charge in [-0.15, -0.1) is 11.3 Å². The summed E-state index contributed by atoms with van der Waals surface area (Å²) in [5.41, 5.74) is 3.24. The second-order valence-electron chi connectivity index (χ2n) is 7.48. The zero-order valence-electron chi connectivity index (χ0n) is 18.3. The van der Waals surface area contributed by atoms with E-state index in [1.54, 1.807) is 11.3 Å². The van der Waals surface area contributed by atoms with Crippen LogP contribution in [0.1, 0.15) is 61.6 Å². The van der Waals surface area contributed by atoms with E-state index >= 15 is 0 Å². The summed E-state index contributed by atoms with van der Waals surface area (Å²) in [4.78, 5) is 1.23. The normalized spacial score (nSPS) is 12.7. The molecule has 0 aliphatic carbocycles. The number of thiophene rings is 1. The molecule has 0 spiro atoms. The Balaban J connectivity index is 1.97. The van der Waals surface area contributed by atoms with Crippen molar-refractivity contribution in [3.05, 3.63) is 70.1 Å². The van der Waals surface area contributed by atoms with E-state index in [-0.39, 0.29) is 13.2 Å². The molecule has 0 unspecified atom stereocenters. The van der Waals surface area contributed by atoms with Gasteiger partial charge in [0.15, 0.2) is 0 Å². The van der Waals surface area contributed by atoms with Crippen molar-refractivity contribution in [2.45, 2.75) is 65.3 Å². The molecule has 0 radical (unpaired) electrons. The lowest BCUT2D eigenvalue weighted by atomic mass is 9.97. The van der Waals surface area contributed by atoms with Gasteiger partial charge >= 0.3 is 0 Å². The second-order valence-corrected chi connectivity index (χ2v) is 8.56. The Morgan fingerprint density at radius 1 is 1.03 bits per heavy atom. The molecular formula is C25H35NO3S. The third-order valence-corrected chi connectivity index (χ3v) is 6.67. The number of allylic oxidation sites excluding steroid dienone is 3. The van der Waals surface area contributed by atoms with Gasteiger partial charge in [-0.25, -0.2) is 0 Å². The van der Waals surface area contributed by atoms with Crippen molar-refractivity contribution in [3.8, 4) is 0 Å². The first kappa shape index (κ1) is 24.4. The quantitative estimate of drug-likeness (QED) is 0.346. The third-order valence-electron chi connectivity index (χ3n) is 5.56. The Morgan fingerprint density at radius 2 is 1.77 bits per heavy atom. The van der Waals surface area contributed by atoms with Crippen LogP contribution in [0.15, 0.2) is 48.6 Å². The van der Waals surface area contributed by atoms with Crippen LogP contribution in [-0.4, -0.2) is 27.5 Å². The number of benzene rings is 1.